The largest absolute Gasteiger partial charge is 0.435 e. The van der Waals surface area contributed by atoms with E-state index < -0.39 is 11.9 Å². The fraction of sp³-hybridized carbons (Fsp3) is 0.667. The molecule has 0 bridgehead atoms. The molecule has 2 heterocycles. The molecule has 1 N–H and O–H groups in total. The van der Waals surface area contributed by atoms with Gasteiger partial charge in [0, 0.05) is 26.6 Å². The maximum absolute atomic E-state index is 12.9. The van der Waals surface area contributed by atoms with Gasteiger partial charge in [-0.15, -0.1) is 0 Å². The fourth-order valence-electron chi connectivity index (χ4n) is 2.31. The van der Waals surface area contributed by atoms with E-state index in [0.29, 0.717) is 37.0 Å². The van der Waals surface area contributed by atoms with Crippen LogP contribution in [0.2, 0.25) is 0 Å². The van der Waals surface area contributed by atoms with Crippen LogP contribution in [-0.4, -0.2) is 36.3 Å². The maximum atomic E-state index is 12.9. The number of aromatic nitrogens is 5. The predicted octanol–water partition coefficient (Wildman–Crippen LogP) is 2.67. The minimum atomic E-state index is -4.51. The molecule has 0 fully saturated rings. The van der Waals surface area contributed by atoms with Crippen molar-refractivity contribution in [1.82, 2.24) is 24.5 Å². The van der Waals surface area contributed by atoms with Crippen molar-refractivity contribution in [3.05, 3.63) is 17.6 Å². The Hall–Kier alpha value is -1.90. The Morgan fingerprint density at radius 2 is 2.00 bits per heavy atom. The van der Waals surface area contributed by atoms with Gasteiger partial charge in [-0.25, -0.2) is 9.67 Å². The van der Waals surface area contributed by atoms with E-state index in [2.05, 4.69) is 29.0 Å². The molecule has 0 aliphatic rings. The van der Waals surface area contributed by atoms with Gasteiger partial charge in [-0.05, 0) is 18.4 Å². The van der Waals surface area contributed by atoms with E-state index in [4.69, 9.17) is 5.11 Å². The van der Waals surface area contributed by atoms with E-state index in [1.807, 2.05) is 0 Å². The molecule has 2 aromatic heterocycles. The lowest BCUT2D eigenvalue weighted by Gasteiger charge is -2.04. The smallest absolute Gasteiger partial charge is 0.396 e. The number of hydrogen-bond donors (Lipinski definition) is 1. The molecule has 1 atom stereocenters. The number of nitrogens with zero attached hydrogens (tertiary/aromatic N) is 5. The zero-order valence-electron chi connectivity index (χ0n) is 14.0. The molecule has 0 aliphatic heterocycles. The molecular weight excluding hydrogens is 323 g/mol. The van der Waals surface area contributed by atoms with Crippen LogP contribution < -0.4 is 0 Å². The van der Waals surface area contributed by atoms with Crippen molar-refractivity contribution in [2.45, 2.75) is 45.8 Å². The van der Waals surface area contributed by atoms with Crippen LogP contribution in [0.15, 0.2) is 6.07 Å². The molecule has 0 aliphatic carbocycles. The van der Waals surface area contributed by atoms with Crippen LogP contribution in [0.3, 0.4) is 0 Å². The quantitative estimate of drug-likeness (QED) is 0.838. The number of halogens is 3. The van der Waals surface area contributed by atoms with Gasteiger partial charge < -0.3 is 5.11 Å². The lowest BCUT2D eigenvalue weighted by Crippen LogP contribution is -2.07. The first-order chi connectivity index (χ1) is 11.3. The van der Waals surface area contributed by atoms with Crippen LogP contribution in [0.5, 0.6) is 0 Å². The first-order valence-corrected chi connectivity index (χ1v) is 7.92. The Bertz CT molecular complexity index is 677. The highest BCUT2D eigenvalue weighted by molar-refractivity contribution is 5.51. The Balaban J connectivity index is 2.41. The maximum Gasteiger partial charge on any atom is 0.435 e. The summed E-state index contributed by atoms with van der Waals surface area (Å²) in [5.74, 6) is 1.31. The van der Waals surface area contributed by atoms with E-state index in [1.54, 1.807) is 4.68 Å². The number of hydrogen-bond acceptors (Lipinski definition) is 4. The molecule has 0 saturated carbocycles. The van der Waals surface area contributed by atoms with Gasteiger partial charge in [-0.3, -0.25) is 4.68 Å². The number of aryl methyl sites for hydroxylation is 2. The van der Waals surface area contributed by atoms with Crippen LogP contribution in [0.1, 0.15) is 38.2 Å². The summed E-state index contributed by atoms with van der Waals surface area (Å²) in [6.45, 7) is 4.48. The second kappa shape index (κ2) is 7.33. The van der Waals surface area contributed by atoms with E-state index in [-0.39, 0.29) is 12.3 Å². The monoisotopic (exact) mass is 345 g/mol. The second-order valence-electron chi connectivity index (χ2n) is 5.91. The highest BCUT2D eigenvalue weighted by atomic mass is 19.4. The molecule has 9 heteroatoms. The molecule has 0 spiro atoms. The molecule has 1 unspecified atom stereocenters. The molecule has 134 valence electrons. The number of aliphatic hydroxyl groups is 1. The Morgan fingerprint density at radius 3 is 2.54 bits per heavy atom. The van der Waals surface area contributed by atoms with Crippen molar-refractivity contribution >= 4 is 0 Å². The lowest BCUT2D eigenvalue weighted by atomic mass is 10.1. The topological polar surface area (TPSA) is 68.8 Å². The van der Waals surface area contributed by atoms with Gasteiger partial charge in [0.25, 0.3) is 0 Å². The zero-order chi connectivity index (χ0) is 17.9. The Kier molecular flexibility index (Phi) is 5.63. The van der Waals surface area contributed by atoms with Gasteiger partial charge in [-0.2, -0.15) is 23.4 Å². The summed E-state index contributed by atoms with van der Waals surface area (Å²) in [5, 5.41) is 16.9. The van der Waals surface area contributed by atoms with E-state index in [0.717, 1.165) is 17.2 Å². The van der Waals surface area contributed by atoms with E-state index in [9.17, 15) is 13.2 Å². The number of rotatable bonds is 7. The Labute approximate surface area is 138 Å². The van der Waals surface area contributed by atoms with Crippen molar-refractivity contribution in [3.8, 4) is 11.5 Å². The van der Waals surface area contributed by atoms with Crippen molar-refractivity contribution in [3.63, 3.8) is 0 Å². The summed E-state index contributed by atoms with van der Waals surface area (Å²) in [6, 6.07) is 0.979. The molecular formula is C15H22F3N5O. The third-order valence-corrected chi connectivity index (χ3v) is 3.87. The molecule has 0 aromatic carbocycles. The van der Waals surface area contributed by atoms with Gasteiger partial charge in [-0.1, -0.05) is 20.3 Å². The van der Waals surface area contributed by atoms with E-state index >= 15 is 0 Å². The fourth-order valence-corrected chi connectivity index (χ4v) is 2.31. The summed E-state index contributed by atoms with van der Waals surface area (Å²) in [6.07, 6.45) is -2.45. The summed E-state index contributed by atoms with van der Waals surface area (Å²) in [4.78, 5) is 4.42. The molecule has 6 nitrogen and oxygen atoms in total. The van der Waals surface area contributed by atoms with Crippen LogP contribution in [0, 0.1) is 5.92 Å². The van der Waals surface area contributed by atoms with Crippen LogP contribution in [0.25, 0.3) is 11.5 Å². The van der Waals surface area contributed by atoms with Gasteiger partial charge in [0.15, 0.2) is 17.3 Å². The second-order valence-corrected chi connectivity index (χ2v) is 5.91. The van der Waals surface area contributed by atoms with Crippen LogP contribution >= 0.6 is 0 Å². The van der Waals surface area contributed by atoms with E-state index in [1.165, 1.54) is 7.05 Å². The minimum Gasteiger partial charge on any atom is -0.396 e. The number of aliphatic hydroxyl groups excluding tert-OH is 1. The third kappa shape index (κ3) is 4.14. The Morgan fingerprint density at radius 1 is 1.29 bits per heavy atom. The summed E-state index contributed by atoms with van der Waals surface area (Å²) < 4.78 is 41.3. The first kappa shape index (κ1) is 18.4. The summed E-state index contributed by atoms with van der Waals surface area (Å²) >= 11 is 0. The highest BCUT2D eigenvalue weighted by Crippen LogP contribution is 2.31. The SMILES string of the molecule is CCC(C)Cc1nc(-c2cc(C(F)(F)F)nn2C)n(CCCO)n1. The molecule has 2 rings (SSSR count). The minimum absolute atomic E-state index is 0.0286. The van der Waals surface area contributed by atoms with Gasteiger partial charge in [0.2, 0.25) is 0 Å². The van der Waals surface area contributed by atoms with Gasteiger partial charge in [0.1, 0.15) is 5.69 Å². The van der Waals surface area contributed by atoms with Crippen molar-refractivity contribution in [2.24, 2.45) is 13.0 Å². The average molecular weight is 345 g/mol. The summed E-state index contributed by atoms with van der Waals surface area (Å²) in [5.41, 5.74) is -0.705. The van der Waals surface area contributed by atoms with Gasteiger partial charge >= 0.3 is 6.18 Å². The third-order valence-electron chi connectivity index (χ3n) is 3.87. The summed E-state index contributed by atoms with van der Waals surface area (Å²) in [7, 11) is 1.45. The van der Waals surface area contributed by atoms with Crippen molar-refractivity contribution < 1.29 is 18.3 Å². The van der Waals surface area contributed by atoms with Crippen molar-refractivity contribution in [1.29, 1.82) is 0 Å². The van der Waals surface area contributed by atoms with Crippen LogP contribution in [0.4, 0.5) is 13.2 Å². The molecule has 24 heavy (non-hydrogen) atoms. The molecule has 0 saturated heterocycles. The number of alkyl halides is 3. The first-order valence-electron chi connectivity index (χ1n) is 7.92. The standard InChI is InChI=1S/C15H22F3N5O/c1-4-10(2)8-13-19-14(23(21-13)6-5-7-24)11-9-12(15(16,17)18)20-22(11)3/h9-10,24H,4-8H2,1-3H3. The zero-order valence-corrected chi connectivity index (χ0v) is 14.0. The molecule has 0 radical (unpaired) electrons. The highest BCUT2D eigenvalue weighted by Gasteiger charge is 2.35. The normalized spacial score (nSPS) is 13.5. The lowest BCUT2D eigenvalue weighted by molar-refractivity contribution is -0.141. The average Bonchev–Trinajstić information content (AvgIpc) is 3.07. The predicted molar refractivity (Wildman–Crippen MR) is 82.1 cm³/mol. The van der Waals surface area contributed by atoms with Crippen molar-refractivity contribution in [2.75, 3.05) is 6.61 Å². The molecule has 0 amide bonds. The van der Waals surface area contributed by atoms with Crippen LogP contribution in [-0.2, 0) is 26.2 Å². The molecule has 2 aromatic rings. The van der Waals surface area contributed by atoms with Gasteiger partial charge in [0.05, 0.1) is 0 Å².